The highest BCUT2D eigenvalue weighted by Gasteiger charge is 2.29. The van der Waals surface area contributed by atoms with Gasteiger partial charge in [-0.25, -0.2) is 4.98 Å². The van der Waals surface area contributed by atoms with Gasteiger partial charge in [-0.05, 0) is 37.1 Å². The van der Waals surface area contributed by atoms with Crippen molar-refractivity contribution < 1.29 is 19.7 Å². The Labute approximate surface area is 184 Å². The lowest BCUT2D eigenvalue weighted by molar-refractivity contribution is -0.145. The molecule has 0 aliphatic carbocycles. The molecule has 0 amide bonds. The number of carboxylic acids is 1. The predicted octanol–water partition coefficient (Wildman–Crippen LogP) is 4.45. The molecule has 1 aromatic heterocycles. The number of nitrogens with one attached hydrogen (secondary N) is 1. The number of carboxylic acid groups (broad SMARTS) is 1. The van der Waals surface area contributed by atoms with Gasteiger partial charge in [0.2, 0.25) is 0 Å². The average Bonchev–Trinajstić information content (AvgIpc) is 3.16. The van der Waals surface area contributed by atoms with Crippen molar-refractivity contribution >= 4 is 28.9 Å². The van der Waals surface area contributed by atoms with Crippen LogP contribution < -0.4 is 10.1 Å². The summed E-state index contributed by atoms with van der Waals surface area (Å²) in [5.74, 6) is -0.491. The quantitative estimate of drug-likeness (QED) is 0.443. The summed E-state index contributed by atoms with van der Waals surface area (Å²) in [6.45, 7) is 2.99. The highest BCUT2D eigenvalue weighted by molar-refractivity contribution is 7.13. The maximum atomic E-state index is 11.2. The van der Waals surface area contributed by atoms with E-state index in [0.29, 0.717) is 16.5 Å². The normalized spacial score (nSPS) is 12.6. The first-order valence-electron chi connectivity index (χ1n) is 9.28. The van der Waals surface area contributed by atoms with Crippen molar-refractivity contribution in [2.24, 2.45) is 0 Å². The Bertz CT molecular complexity index is 1040. The van der Waals surface area contributed by atoms with Crippen LogP contribution in [0.15, 0.2) is 47.8 Å². The minimum absolute atomic E-state index is 0.179. The van der Waals surface area contributed by atoms with Crippen LogP contribution >= 0.6 is 22.9 Å². The Morgan fingerprint density at radius 1 is 1.27 bits per heavy atom. The maximum absolute atomic E-state index is 11.2. The number of aliphatic carboxylic acids is 1. The Morgan fingerprint density at radius 3 is 2.60 bits per heavy atom. The summed E-state index contributed by atoms with van der Waals surface area (Å²) in [6, 6.07) is 13.6. The smallest absolute Gasteiger partial charge is 0.323 e. The second kappa shape index (κ2) is 9.14. The lowest BCUT2D eigenvalue weighted by Gasteiger charge is -2.24. The number of benzene rings is 2. The van der Waals surface area contributed by atoms with Gasteiger partial charge in [-0.3, -0.25) is 10.1 Å². The van der Waals surface area contributed by atoms with E-state index in [2.05, 4.69) is 10.3 Å². The zero-order chi connectivity index (χ0) is 21.9. The molecule has 3 N–H and O–H groups in total. The molecule has 8 heteroatoms. The molecule has 1 heterocycles. The molecule has 1 atom stereocenters. The first-order valence-corrected chi connectivity index (χ1v) is 10.5. The largest absolute Gasteiger partial charge is 0.495 e. The van der Waals surface area contributed by atoms with Crippen molar-refractivity contribution in [2.45, 2.75) is 32.0 Å². The van der Waals surface area contributed by atoms with Crippen LogP contribution in [-0.4, -0.2) is 40.0 Å². The van der Waals surface area contributed by atoms with E-state index in [1.54, 1.807) is 7.11 Å². The van der Waals surface area contributed by atoms with Gasteiger partial charge in [-0.15, -0.1) is 11.3 Å². The third-order valence-electron chi connectivity index (χ3n) is 4.62. The molecule has 0 saturated carbocycles. The van der Waals surface area contributed by atoms with Crippen molar-refractivity contribution in [1.82, 2.24) is 10.3 Å². The molecule has 3 aromatic rings. The first-order chi connectivity index (χ1) is 14.2. The highest BCUT2D eigenvalue weighted by Crippen LogP contribution is 2.40. The lowest BCUT2D eigenvalue weighted by atomic mass is 9.99. The second-order valence-corrected chi connectivity index (χ2v) is 8.60. The van der Waals surface area contributed by atoms with Crippen LogP contribution in [0, 0.1) is 0 Å². The summed E-state index contributed by atoms with van der Waals surface area (Å²) >= 11 is 7.81. The molecule has 0 radical (unpaired) electrons. The van der Waals surface area contributed by atoms with E-state index < -0.39 is 17.7 Å². The fourth-order valence-electron chi connectivity index (χ4n) is 3.00. The summed E-state index contributed by atoms with van der Waals surface area (Å²) in [6.07, 6.45) is -0.863. The van der Waals surface area contributed by atoms with Crippen LogP contribution in [0.25, 0.3) is 21.7 Å². The second-order valence-electron chi connectivity index (χ2n) is 7.34. The van der Waals surface area contributed by atoms with Gasteiger partial charge in [0, 0.05) is 17.4 Å². The van der Waals surface area contributed by atoms with Gasteiger partial charge >= 0.3 is 5.97 Å². The Hall–Kier alpha value is -2.45. The molecule has 1 unspecified atom stereocenters. The third-order valence-corrected chi connectivity index (χ3v) is 5.84. The van der Waals surface area contributed by atoms with Crippen molar-refractivity contribution in [1.29, 1.82) is 0 Å². The summed E-state index contributed by atoms with van der Waals surface area (Å²) in [7, 11) is 1.56. The fourth-order valence-corrected chi connectivity index (χ4v) is 4.10. The van der Waals surface area contributed by atoms with Crippen molar-refractivity contribution in [3.8, 4) is 27.4 Å². The summed E-state index contributed by atoms with van der Waals surface area (Å²) in [5.41, 5.74) is 2.20. The van der Waals surface area contributed by atoms with Crippen LogP contribution in [0.3, 0.4) is 0 Å². The fraction of sp³-hybridized carbons (Fsp3) is 0.273. The molecule has 0 bridgehead atoms. The number of hydrogen-bond acceptors (Lipinski definition) is 6. The van der Waals surface area contributed by atoms with E-state index in [4.69, 9.17) is 16.3 Å². The number of methoxy groups -OCH3 is 1. The number of nitrogens with zero attached hydrogens (tertiary/aromatic N) is 1. The van der Waals surface area contributed by atoms with Crippen LogP contribution in [0.1, 0.15) is 19.5 Å². The van der Waals surface area contributed by atoms with Gasteiger partial charge < -0.3 is 14.9 Å². The SMILES string of the molecule is COc1cc(-c2nc(CC(O)NC(C)(C)C(=O)O)cs2)c(-c2ccccc2)cc1Cl. The van der Waals surface area contributed by atoms with E-state index in [-0.39, 0.29) is 6.42 Å². The number of halogens is 1. The van der Waals surface area contributed by atoms with E-state index >= 15 is 0 Å². The average molecular weight is 447 g/mol. The van der Waals surface area contributed by atoms with Crippen LogP contribution in [0.2, 0.25) is 5.02 Å². The molecule has 0 spiro atoms. The van der Waals surface area contributed by atoms with Crippen LogP contribution in [0.5, 0.6) is 5.75 Å². The number of ether oxygens (including phenoxy) is 1. The maximum Gasteiger partial charge on any atom is 0.323 e. The molecule has 0 saturated heterocycles. The first kappa shape index (κ1) is 22.2. The van der Waals surface area contributed by atoms with Crippen molar-refractivity contribution in [2.75, 3.05) is 7.11 Å². The Morgan fingerprint density at radius 2 is 1.97 bits per heavy atom. The molecule has 2 aromatic carbocycles. The Balaban J connectivity index is 1.92. The zero-order valence-electron chi connectivity index (χ0n) is 16.8. The monoisotopic (exact) mass is 446 g/mol. The van der Waals surface area contributed by atoms with E-state index in [0.717, 1.165) is 21.7 Å². The molecule has 3 rings (SSSR count). The number of hydrogen-bond donors (Lipinski definition) is 3. The van der Waals surface area contributed by atoms with Gasteiger partial charge in [0.25, 0.3) is 0 Å². The minimum atomic E-state index is -1.25. The molecule has 6 nitrogen and oxygen atoms in total. The van der Waals surface area contributed by atoms with E-state index in [1.165, 1.54) is 25.2 Å². The lowest BCUT2D eigenvalue weighted by Crippen LogP contribution is -2.52. The molecule has 0 aliphatic heterocycles. The van der Waals surface area contributed by atoms with Crippen molar-refractivity contribution in [3.63, 3.8) is 0 Å². The number of aromatic nitrogens is 1. The van der Waals surface area contributed by atoms with E-state index in [9.17, 15) is 15.0 Å². The van der Waals surface area contributed by atoms with Crippen molar-refractivity contribution in [3.05, 3.63) is 58.6 Å². The summed E-state index contributed by atoms with van der Waals surface area (Å²) in [5, 5.41) is 25.3. The number of carbonyl (C=O) groups is 1. The zero-order valence-corrected chi connectivity index (χ0v) is 18.4. The predicted molar refractivity (Wildman–Crippen MR) is 119 cm³/mol. The number of thiazole rings is 1. The summed E-state index contributed by atoms with van der Waals surface area (Å²) in [4.78, 5) is 15.9. The number of rotatable bonds is 8. The van der Waals surface area contributed by atoms with Gasteiger partial charge in [-0.2, -0.15) is 0 Å². The standard InChI is InChI=1S/C22H23ClN2O4S/c1-22(2,21(27)28)25-19(26)9-14-12-30-20(24-14)16-11-18(29-3)17(23)10-15(16)13-7-5-4-6-8-13/h4-8,10-12,19,25-26H,9H2,1-3H3,(H,27,28). The van der Waals surface area contributed by atoms with Crippen LogP contribution in [-0.2, 0) is 11.2 Å². The topological polar surface area (TPSA) is 91.7 Å². The Kier molecular flexibility index (Phi) is 6.77. The molecule has 0 aliphatic rings. The number of aliphatic hydroxyl groups excluding tert-OH is 1. The highest BCUT2D eigenvalue weighted by atomic mass is 35.5. The molecule has 0 fully saturated rings. The van der Waals surface area contributed by atoms with Crippen LogP contribution in [0.4, 0.5) is 0 Å². The van der Waals surface area contributed by atoms with Gasteiger partial charge in [0.1, 0.15) is 22.5 Å². The number of aliphatic hydroxyl groups is 1. The third kappa shape index (κ3) is 4.99. The molecular weight excluding hydrogens is 424 g/mol. The molecule has 30 heavy (non-hydrogen) atoms. The molecular formula is C22H23ClN2O4S. The van der Waals surface area contributed by atoms with Gasteiger partial charge in [-0.1, -0.05) is 41.9 Å². The van der Waals surface area contributed by atoms with Gasteiger partial charge in [0.15, 0.2) is 0 Å². The summed E-state index contributed by atoms with van der Waals surface area (Å²) < 4.78 is 5.39. The van der Waals surface area contributed by atoms with E-state index in [1.807, 2.05) is 47.8 Å². The minimum Gasteiger partial charge on any atom is -0.495 e. The molecule has 158 valence electrons. The van der Waals surface area contributed by atoms with Gasteiger partial charge in [0.05, 0.1) is 17.8 Å².